The lowest BCUT2D eigenvalue weighted by molar-refractivity contribution is 0.733. The van der Waals surface area contributed by atoms with Crippen molar-refractivity contribution < 1.29 is 0 Å². The van der Waals surface area contributed by atoms with Crippen LogP contribution in [-0.4, -0.2) is 17.0 Å². The Morgan fingerprint density at radius 2 is 2.35 bits per heavy atom. The molecular formula is C13H20N2S2. The van der Waals surface area contributed by atoms with Crippen LogP contribution in [0.25, 0.3) is 0 Å². The summed E-state index contributed by atoms with van der Waals surface area (Å²) >= 11 is 3.77. The molecule has 2 rings (SSSR count). The Hall–Kier alpha value is -0.480. The number of amidine groups is 1. The summed E-state index contributed by atoms with van der Waals surface area (Å²) in [5.41, 5.74) is 0. The number of nitrogens with one attached hydrogen (secondary N) is 1. The SMILES string of the molecule is CCCC1CN=C(NC(C)c2ccc(C)s2)S1. The molecule has 0 saturated carbocycles. The third-order valence-corrected chi connectivity index (χ3v) is 5.23. The van der Waals surface area contributed by atoms with Crippen LogP contribution in [0, 0.1) is 6.92 Å². The number of nitrogens with zero attached hydrogens (tertiary/aromatic N) is 1. The maximum absolute atomic E-state index is 4.58. The van der Waals surface area contributed by atoms with Crippen LogP contribution in [0.15, 0.2) is 17.1 Å². The number of thioether (sulfide) groups is 1. The van der Waals surface area contributed by atoms with Crippen molar-refractivity contribution in [2.45, 2.75) is 44.9 Å². The Kier molecular flexibility index (Phi) is 4.51. The average Bonchev–Trinajstić information content (AvgIpc) is 2.88. The van der Waals surface area contributed by atoms with Crippen molar-refractivity contribution in [2.75, 3.05) is 6.54 Å². The van der Waals surface area contributed by atoms with Crippen molar-refractivity contribution in [3.8, 4) is 0 Å². The number of aliphatic imine (C=N–C) groups is 1. The molecule has 17 heavy (non-hydrogen) atoms. The Bertz CT molecular complexity index is 398. The minimum absolute atomic E-state index is 0.375. The first kappa shape index (κ1) is 13.0. The van der Waals surface area contributed by atoms with Crippen LogP contribution in [0.4, 0.5) is 0 Å². The molecule has 2 unspecified atom stereocenters. The highest BCUT2D eigenvalue weighted by Gasteiger charge is 2.20. The summed E-state index contributed by atoms with van der Waals surface area (Å²) in [7, 11) is 0. The van der Waals surface area contributed by atoms with E-state index in [0.717, 1.165) is 11.7 Å². The molecule has 4 heteroatoms. The molecule has 1 N–H and O–H groups in total. The Morgan fingerprint density at radius 3 is 3.00 bits per heavy atom. The first-order valence-corrected chi connectivity index (χ1v) is 7.92. The van der Waals surface area contributed by atoms with Crippen molar-refractivity contribution in [1.82, 2.24) is 5.32 Å². The number of hydrogen-bond acceptors (Lipinski definition) is 4. The van der Waals surface area contributed by atoms with E-state index in [9.17, 15) is 0 Å². The molecular weight excluding hydrogens is 248 g/mol. The highest BCUT2D eigenvalue weighted by Crippen LogP contribution is 2.27. The normalized spacial score (nSPS) is 21.4. The molecule has 1 aromatic heterocycles. The zero-order valence-corrected chi connectivity index (χ0v) is 12.3. The standard InChI is InChI=1S/C13H20N2S2/c1-4-5-11-8-14-13(17-11)15-10(3)12-7-6-9(2)16-12/h6-7,10-11H,4-5,8H2,1-3H3,(H,14,15). The summed E-state index contributed by atoms with van der Waals surface area (Å²) in [4.78, 5) is 7.35. The number of thiophene rings is 1. The molecule has 0 bridgehead atoms. The molecule has 0 fully saturated rings. The summed E-state index contributed by atoms with van der Waals surface area (Å²) < 4.78 is 0. The van der Waals surface area contributed by atoms with Gasteiger partial charge in [-0.25, -0.2) is 0 Å². The smallest absolute Gasteiger partial charge is 0.157 e. The lowest BCUT2D eigenvalue weighted by Crippen LogP contribution is -2.22. The van der Waals surface area contributed by atoms with Gasteiger partial charge in [-0.3, -0.25) is 4.99 Å². The van der Waals surface area contributed by atoms with Gasteiger partial charge in [-0.1, -0.05) is 25.1 Å². The van der Waals surface area contributed by atoms with Gasteiger partial charge in [-0.2, -0.15) is 0 Å². The fraction of sp³-hybridized carbons (Fsp3) is 0.615. The molecule has 0 saturated heterocycles. The zero-order chi connectivity index (χ0) is 12.3. The maximum Gasteiger partial charge on any atom is 0.157 e. The molecule has 0 aromatic carbocycles. The monoisotopic (exact) mass is 268 g/mol. The third kappa shape index (κ3) is 3.49. The first-order valence-electron chi connectivity index (χ1n) is 6.23. The van der Waals surface area contributed by atoms with E-state index in [1.54, 1.807) is 0 Å². The average molecular weight is 268 g/mol. The Labute approximate surface area is 112 Å². The summed E-state index contributed by atoms with van der Waals surface area (Å²) in [5, 5.41) is 5.34. The van der Waals surface area contributed by atoms with Gasteiger partial charge in [0, 0.05) is 15.0 Å². The van der Waals surface area contributed by atoms with Gasteiger partial charge < -0.3 is 5.32 Å². The zero-order valence-electron chi connectivity index (χ0n) is 10.7. The van der Waals surface area contributed by atoms with Crippen molar-refractivity contribution in [3.63, 3.8) is 0 Å². The lowest BCUT2D eigenvalue weighted by atomic mass is 10.2. The van der Waals surface area contributed by atoms with Crippen molar-refractivity contribution in [1.29, 1.82) is 0 Å². The maximum atomic E-state index is 4.58. The number of rotatable bonds is 4. The summed E-state index contributed by atoms with van der Waals surface area (Å²) in [6.45, 7) is 7.58. The topological polar surface area (TPSA) is 24.4 Å². The van der Waals surface area contributed by atoms with E-state index in [1.807, 2.05) is 23.1 Å². The second-order valence-electron chi connectivity index (χ2n) is 4.49. The van der Waals surface area contributed by atoms with Crippen molar-refractivity contribution in [3.05, 3.63) is 21.9 Å². The van der Waals surface area contributed by atoms with E-state index < -0.39 is 0 Å². The van der Waals surface area contributed by atoms with Crippen LogP contribution in [0.2, 0.25) is 0 Å². The quantitative estimate of drug-likeness (QED) is 0.893. The van der Waals surface area contributed by atoms with Gasteiger partial charge in [0.15, 0.2) is 5.17 Å². The van der Waals surface area contributed by atoms with Crippen LogP contribution >= 0.6 is 23.1 Å². The molecule has 1 aliphatic heterocycles. The molecule has 0 aliphatic carbocycles. The van der Waals surface area contributed by atoms with Crippen LogP contribution in [0.3, 0.4) is 0 Å². The van der Waals surface area contributed by atoms with Gasteiger partial charge in [0.25, 0.3) is 0 Å². The second kappa shape index (κ2) is 5.91. The third-order valence-electron chi connectivity index (χ3n) is 2.86. The Morgan fingerprint density at radius 1 is 1.53 bits per heavy atom. The van der Waals surface area contributed by atoms with Crippen LogP contribution in [-0.2, 0) is 0 Å². The van der Waals surface area contributed by atoms with Crippen LogP contribution in [0.5, 0.6) is 0 Å². The minimum Gasteiger partial charge on any atom is -0.358 e. The molecule has 2 heterocycles. The highest BCUT2D eigenvalue weighted by molar-refractivity contribution is 8.14. The fourth-order valence-corrected chi connectivity index (χ4v) is 4.00. The largest absolute Gasteiger partial charge is 0.358 e. The molecule has 0 spiro atoms. The van der Waals surface area contributed by atoms with Gasteiger partial charge >= 0.3 is 0 Å². The minimum atomic E-state index is 0.375. The van der Waals surface area contributed by atoms with Gasteiger partial charge in [0.05, 0.1) is 12.6 Å². The fourth-order valence-electron chi connectivity index (χ4n) is 1.91. The molecule has 1 aromatic rings. The molecule has 0 radical (unpaired) electrons. The van der Waals surface area contributed by atoms with Crippen molar-refractivity contribution >= 4 is 28.3 Å². The van der Waals surface area contributed by atoms with Gasteiger partial charge in [-0.15, -0.1) is 11.3 Å². The predicted molar refractivity (Wildman–Crippen MR) is 79.2 cm³/mol. The van der Waals surface area contributed by atoms with Crippen LogP contribution < -0.4 is 5.32 Å². The lowest BCUT2D eigenvalue weighted by Gasteiger charge is -2.13. The Balaban J connectivity index is 1.86. The molecule has 94 valence electrons. The van der Waals surface area contributed by atoms with E-state index in [1.165, 1.54) is 22.6 Å². The van der Waals surface area contributed by atoms with Gasteiger partial charge in [-0.05, 0) is 32.4 Å². The van der Waals surface area contributed by atoms with E-state index in [2.05, 4.69) is 43.2 Å². The predicted octanol–water partition coefficient (Wildman–Crippen LogP) is 3.98. The summed E-state index contributed by atoms with van der Waals surface area (Å²) in [5.74, 6) is 0. The molecule has 1 aliphatic rings. The number of aryl methyl sites for hydroxylation is 1. The highest BCUT2D eigenvalue weighted by atomic mass is 32.2. The van der Waals surface area contributed by atoms with Gasteiger partial charge in [0.1, 0.15) is 0 Å². The first-order chi connectivity index (χ1) is 8.19. The number of hydrogen-bond donors (Lipinski definition) is 1. The molecule has 2 atom stereocenters. The van der Waals surface area contributed by atoms with Crippen molar-refractivity contribution in [2.24, 2.45) is 4.99 Å². The van der Waals surface area contributed by atoms with E-state index >= 15 is 0 Å². The van der Waals surface area contributed by atoms with Crippen LogP contribution in [0.1, 0.15) is 42.5 Å². The van der Waals surface area contributed by atoms with E-state index in [4.69, 9.17) is 0 Å². The van der Waals surface area contributed by atoms with E-state index in [0.29, 0.717) is 11.3 Å². The van der Waals surface area contributed by atoms with Gasteiger partial charge in [0.2, 0.25) is 0 Å². The second-order valence-corrected chi connectivity index (χ2v) is 7.10. The van der Waals surface area contributed by atoms with E-state index in [-0.39, 0.29) is 0 Å². The summed E-state index contributed by atoms with van der Waals surface area (Å²) in [6, 6.07) is 4.77. The summed E-state index contributed by atoms with van der Waals surface area (Å²) in [6.07, 6.45) is 2.52. The molecule has 0 amide bonds. The molecule has 2 nitrogen and oxygen atoms in total.